The number of benzene rings is 2. The summed E-state index contributed by atoms with van der Waals surface area (Å²) in [5, 5.41) is 3.28. The van der Waals surface area contributed by atoms with Crippen molar-refractivity contribution < 1.29 is 19.1 Å². The molecular formula is C19H19ClN2O4. The van der Waals surface area contributed by atoms with Gasteiger partial charge in [0, 0.05) is 10.7 Å². The van der Waals surface area contributed by atoms with Gasteiger partial charge in [0.15, 0.2) is 6.61 Å². The highest BCUT2D eigenvalue weighted by Gasteiger charge is 2.33. The summed E-state index contributed by atoms with van der Waals surface area (Å²) in [7, 11) is 0. The van der Waals surface area contributed by atoms with Gasteiger partial charge in [0.2, 0.25) is 5.91 Å². The van der Waals surface area contributed by atoms with Crippen LogP contribution in [0.2, 0.25) is 5.02 Å². The molecule has 2 aromatic carbocycles. The number of carbonyl (C=O) groups excluding carboxylic acids is 2. The van der Waals surface area contributed by atoms with E-state index in [4.69, 9.17) is 21.1 Å². The topological polar surface area (TPSA) is 67.9 Å². The highest BCUT2D eigenvalue weighted by Crippen LogP contribution is 2.35. The minimum absolute atomic E-state index is 0.116. The number of carbonyl (C=O) groups is 2. The number of halogens is 1. The van der Waals surface area contributed by atoms with E-state index in [-0.39, 0.29) is 18.4 Å². The predicted molar refractivity (Wildman–Crippen MR) is 100 cm³/mol. The molecule has 0 aliphatic carbocycles. The molecular weight excluding hydrogens is 356 g/mol. The van der Waals surface area contributed by atoms with Gasteiger partial charge in [-0.1, -0.05) is 11.6 Å². The summed E-state index contributed by atoms with van der Waals surface area (Å²) in [6.07, 6.45) is 0. The highest BCUT2D eigenvalue weighted by atomic mass is 35.5. The Labute approximate surface area is 156 Å². The minimum atomic E-state index is -0.727. The molecule has 7 heteroatoms. The van der Waals surface area contributed by atoms with Gasteiger partial charge in [-0.15, -0.1) is 0 Å². The number of hydrogen-bond acceptors (Lipinski definition) is 4. The Morgan fingerprint density at radius 1 is 1.31 bits per heavy atom. The van der Waals surface area contributed by atoms with Gasteiger partial charge in [-0.2, -0.15) is 0 Å². The summed E-state index contributed by atoms with van der Waals surface area (Å²) < 4.78 is 10.8. The van der Waals surface area contributed by atoms with Crippen molar-refractivity contribution >= 4 is 34.8 Å². The summed E-state index contributed by atoms with van der Waals surface area (Å²) in [4.78, 5) is 26.4. The fourth-order valence-corrected chi connectivity index (χ4v) is 2.90. The van der Waals surface area contributed by atoms with Crippen LogP contribution < -0.4 is 19.7 Å². The lowest BCUT2D eigenvalue weighted by Gasteiger charge is -2.33. The second kappa shape index (κ2) is 7.66. The van der Waals surface area contributed by atoms with Gasteiger partial charge < -0.3 is 14.8 Å². The molecule has 0 saturated carbocycles. The Bertz CT molecular complexity index is 823. The molecule has 0 saturated heterocycles. The molecule has 0 fully saturated rings. The third-order valence-electron chi connectivity index (χ3n) is 4.00. The SMILES string of the molecule is CCOc1ccc(NC(=O)[C@@H](C)N2C(=O)COc3ccc(Cl)cc32)cc1. The number of amides is 2. The molecule has 0 spiro atoms. The number of fused-ring (bicyclic) bond motifs is 1. The first-order chi connectivity index (χ1) is 12.5. The largest absolute Gasteiger partial charge is 0.494 e. The van der Waals surface area contributed by atoms with Crippen LogP contribution in [0, 0.1) is 0 Å². The van der Waals surface area contributed by atoms with E-state index in [9.17, 15) is 9.59 Å². The Morgan fingerprint density at radius 3 is 2.73 bits per heavy atom. The van der Waals surface area contributed by atoms with Gasteiger partial charge >= 0.3 is 0 Å². The Morgan fingerprint density at radius 2 is 2.04 bits per heavy atom. The molecule has 0 bridgehead atoms. The van der Waals surface area contributed by atoms with Gasteiger partial charge in [0.1, 0.15) is 17.5 Å². The lowest BCUT2D eigenvalue weighted by molar-refractivity contribution is -0.125. The van der Waals surface area contributed by atoms with Crippen molar-refractivity contribution in [3.8, 4) is 11.5 Å². The Balaban J connectivity index is 1.78. The van der Waals surface area contributed by atoms with Gasteiger partial charge in [-0.3, -0.25) is 14.5 Å². The Hall–Kier alpha value is -2.73. The number of nitrogens with zero attached hydrogens (tertiary/aromatic N) is 1. The average Bonchev–Trinajstić information content (AvgIpc) is 2.63. The van der Waals surface area contributed by atoms with Crippen molar-refractivity contribution in [3.63, 3.8) is 0 Å². The molecule has 0 aromatic heterocycles. The van der Waals surface area contributed by atoms with Crippen molar-refractivity contribution in [2.45, 2.75) is 19.9 Å². The molecule has 0 radical (unpaired) electrons. The van der Waals surface area contributed by atoms with Crippen LogP contribution >= 0.6 is 11.6 Å². The van der Waals surface area contributed by atoms with Crippen molar-refractivity contribution in [1.29, 1.82) is 0 Å². The molecule has 1 atom stereocenters. The van der Waals surface area contributed by atoms with E-state index in [2.05, 4.69) is 5.32 Å². The van der Waals surface area contributed by atoms with E-state index in [0.717, 1.165) is 5.75 Å². The quantitative estimate of drug-likeness (QED) is 0.869. The fourth-order valence-electron chi connectivity index (χ4n) is 2.73. The van der Waals surface area contributed by atoms with Gasteiger partial charge in [-0.25, -0.2) is 0 Å². The van der Waals surface area contributed by atoms with Crippen molar-refractivity contribution in [1.82, 2.24) is 0 Å². The summed E-state index contributed by atoms with van der Waals surface area (Å²) in [5.41, 5.74) is 1.11. The monoisotopic (exact) mass is 374 g/mol. The zero-order valence-electron chi connectivity index (χ0n) is 14.5. The lowest BCUT2D eigenvalue weighted by atomic mass is 10.1. The zero-order chi connectivity index (χ0) is 18.7. The van der Waals surface area contributed by atoms with Crippen LogP contribution in [-0.2, 0) is 9.59 Å². The van der Waals surface area contributed by atoms with Crippen molar-refractivity contribution in [2.24, 2.45) is 0 Å². The van der Waals surface area contributed by atoms with Crippen molar-refractivity contribution in [3.05, 3.63) is 47.5 Å². The second-order valence-electron chi connectivity index (χ2n) is 5.79. The highest BCUT2D eigenvalue weighted by molar-refractivity contribution is 6.31. The van der Waals surface area contributed by atoms with Crippen LogP contribution in [0.3, 0.4) is 0 Å². The van der Waals surface area contributed by atoms with E-state index in [0.29, 0.717) is 28.8 Å². The lowest BCUT2D eigenvalue weighted by Crippen LogP contribution is -2.49. The first kappa shape index (κ1) is 18.1. The zero-order valence-corrected chi connectivity index (χ0v) is 15.2. The van der Waals surface area contributed by atoms with E-state index in [1.54, 1.807) is 49.4 Å². The summed E-state index contributed by atoms with van der Waals surface area (Å²) >= 11 is 6.04. The van der Waals surface area contributed by atoms with Gasteiger partial charge in [0.05, 0.1) is 12.3 Å². The van der Waals surface area contributed by atoms with E-state index < -0.39 is 6.04 Å². The maximum absolute atomic E-state index is 12.7. The molecule has 6 nitrogen and oxygen atoms in total. The molecule has 1 aliphatic heterocycles. The van der Waals surface area contributed by atoms with Crippen LogP contribution in [0.4, 0.5) is 11.4 Å². The van der Waals surface area contributed by atoms with Gasteiger partial charge in [-0.05, 0) is 56.3 Å². The molecule has 136 valence electrons. The minimum Gasteiger partial charge on any atom is -0.494 e. The van der Waals surface area contributed by atoms with Crippen LogP contribution in [0.25, 0.3) is 0 Å². The first-order valence-corrected chi connectivity index (χ1v) is 8.65. The normalized spacial score (nSPS) is 14.3. The molecule has 0 unspecified atom stereocenters. The van der Waals surface area contributed by atoms with E-state index in [1.165, 1.54) is 4.90 Å². The van der Waals surface area contributed by atoms with E-state index >= 15 is 0 Å². The van der Waals surface area contributed by atoms with E-state index in [1.807, 2.05) is 6.92 Å². The molecule has 1 heterocycles. The maximum atomic E-state index is 12.7. The number of hydrogen-bond donors (Lipinski definition) is 1. The first-order valence-electron chi connectivity index (χ1n) is 8.27. The van der Waals surface area contributed by atoms with Gasteiger partial charge in [0.25, 0.3) is 5.91 Å². The third kappa shape index (κ3) is 3.75. The summed E-state index contributed by atoms with van der Waals surface area (Å²) in [6, 6.07) is 11.3. The van der Waals surface area contributed by atoms with Crippen LogP contribution in [0.15, 0.2) is 42.5 Å². The molecule has 26 heavy (non-hydrogen) atoms. The molecule has 2 aromatic rings. The average molecular weight is 375 g/mol. The predicted octanol–water partition coefficient (Wildman–Crippen LogP) is 3.49. The fraction of sp³-hybridized carbons (Fsp3) is 0.263. The summed E-state index contributed by atoms with van der Waals surface area (Å²) in [5.74, 6) is 0.643. The third-order valence-corrected chi connectivity index (χ3v) is 4.24. The number of anilines is 2. The molecule has 3 rings (SSSR count). The van der Waals surface area contributed by atoms with Crippen LogP contribution in [0.5, 0.6) is 11.5 Å². The number of rotatable bonds is 5. The maximum Gasteiger partial charge on any atom is 0.265 e. The van der Waals surface area contributed by atoms with Crippen LogP contribution in [0.1, 0.15) is 13.8 Å². The summed E-state index contributed by atoms with van der Waals surface area (Å²) in [6.45, 7) is 4.03. The molecule has 1 N–H and O–H groups in total. The van der Waals surface area contributed by atoms with Crippen LogP contribution in [-0.4, -0.2) is 31.1 Å². The molecule has 1 aliphatic rings. The smallest absolute Gasteiger partial charge is 0.265 e. The number of ether oxygens (including phenoxy) is 2. The van der Waals surface area contributed by atoms with Crippen molar-refractivity contribution in [2.75, 3.05) is 23.4 Å². The molecule has 2 amide bonds. The Kier molecular flexibility index (Phi) is 5.32. The number of nitrogens with one attached hydrogen (secondary N) is 1. The second-order valence-corrected chi connectivity index (χ2v) is 6.22. The standard InChI is InChI=1S/C19H19ClN2O4/c1-3-25-15-7-5-14(6-8-15)21-19(24)12(2)22-16-10-13(20)4-9-17(16)26-11-18(22)23/h4-10,12H,3,11H2,1-2H3,(H,21,24)/t12-/m1/s1.